The predicted molar refractivity (Wildman–Crippen MR) is 117 cm³/mol. The molecule has 4 rings (SSSR count). The van der Waals surface area contributed by atoms with E-state index in [1.165, 1.54) is 18.2 Å². The van der Waals surface area contributed by atoms with E-state index in [4.69, 9.17) is 14.3 Å². The SMILES string of the molecule is Cc1nc(-c2c(F)cccc2F)oc1-c1ccc(OCCN2CCN(CCO)CC2)cc1. The molecule has 0 unspecified atom stereocenters. The average Bonchev–Trinajstić information content (AvgIpc) is 3.16. The Labute approximate surface area is 186 Å². The van der Waals surface area contributed by atoms with Crippen LogP contribution in [0.25, 0.3) is 22.8 Å². The molecular weight excluding hydrogens is 416 g/mol. The van der Waals surface area contributed by atoms with Gasteiger partial charge < -0.3 is 14.3 Å². The van der Waals surface area contributed by atoms with Crippen molar-refractivity contribution >= 4 is 0 Å². The van der Waals surface area contributed by atoms with Gasteiger partial charge in [0.15, 0.2) is 5.76 Å². The van der Waals surface area contributed by atoms with E-state index in [2.05, 4.69) is 14.8 Å². The predicted octanol–water partition coefficient (Wildman–Crippen LogP) is 3.58. The minimum absolute atomic E-state index is 0.0764. The number of oxazole rings is 1. The molecule has 170 valence electrons. The molecule has 0 saturated carbocycles. The summed E-state index contributed by atoms with van der Waals surface area (Å²) in [5, 5.41) is 9.02. The van der Waals surface area contributed by atoms with E-state index in [-0.39, 0.29) is 18.1 Å². The first-order chi connectivity index (χ1) is 15.5. The second kappa shape index (κ2) is 10.2. The summed E-state index contributed by atoms with van der Waals surface area (Å²) in [7, 11) is 0. The molecule has 0 amide bonds. The summed E-state index contributed by atoms with van der Waals surface area (Å²) in [5.41, 5.74) is 1.04. The molecule has 0 spiro atoms. The van der Waals surface area contributed by atoms with Gasteiger partial charge in [-0.25, -0.2) is 13.8 Å². The molecule has 1 aliphatic heterocycles. The summed E-state index contributed by atoms with van der Waals surface area (Å²) in [5.74, 6) is -0.291. The monoisotopic (exact) mass is 443 g/mol. The number of piperazine rings is 1. The summed E-state index contributed by atoms with van der Waals surface area (Å²) in [4.78, 5) is 8.83. The number of nitrogens with zero attached hydrogens (tertiary/aromatic N) is 3. The van der Waals surface area contributed by atoms with Crippen LogP contribution in [-0.4, -0.2) is 72.4 Å². The summed E-state index contributed by atoms with van der Waals surface area (Å²) < 4.78 is 39.7. The van der Waals surface area contributed by atoms with Crippen molar-refractivity contribution in [2.24, 2.45) is 0 Å². The molecule has 1 fully saturated rings. The highest BCUT2D eigenvalue weighted by Crippen LogP contribution is 2.32. The second-order valence-electron chi connectivity index (χ2n) is 7.81. The molecule has 3 aromatic rings. The topological polar surface area (TPSA) is 62.0 Å². The lowest BCUT2D eigenvalue weighted by molar-refractivity contribution is 0.102. The van der Waals surface area contributed by atoms with E-state index >= 15 is 0 Å². The summed E-state index contributed by atoms with van der Waals surface area (Å²) in [6, 6.07) is 11.0. The van der Waals surface area contributed by atoms with Crippen molar-refractivity contribution < 1.29 is 23.0 Å². The Morgan fingerprint density at radius 3 is 2.22 bits per heavy atom. The molecule has 1 aromatic heterocycles. The molecule has 1 aliphatic rings. The first kappa shape index (κ1) is 22.4. The van der Waals surface area contributed by atoms with E-state index in [9.17, 15) is 8.78 Å². The second-order valence-corrected chi connectivity index (χ2v) is 7.81. The quantitative estimate of drug-likeness (QED) is 0.574. The van der Waals surface area contributed by atoms with Gasteiger partial charge >= 0.3 is 0 Å². The van der Waals surface area contributed by atoms with Crippen LogP contribution >= 0.6 is 0 Å². The standard InChI is InChI=1S/C24H27F2N3O3/c1-17-23(32-24(27-17)22-20(25)3-2-4-21(22)26)18-5-7-19(8-6-18)31-16-14-29-11-9-28(10-12-29)13-15-30/h2-8,30H,9-16H2,1H3. The van der Waals surface area contributed by atoms with Gasteiger partial charge in [-0.2, -0.15) is 0 Å². The zero-order valence-corrected chi connectivity index (χ0v) is 18.1. The average molecular weight is 443 g/mol. The first-order valence-electron chi connectivity index (χ1n) is 10.8. The molecule has 2 heterocycles. The van der Waals surface area contributed by atoms with Crippen molar-refractivity contribution in [1.82, 2.24) is 14.8 Å². The third-order valence-corrected chi connectivity index (χ3v) is 5.65. The maximum atomic E-state index is 14.1. The van der Waals surface area contributed by atoms with Crippen molar-refractivity contribution in [2.75, 3.05) is 52.5 Å². The molecule has 0 bridgehead atoms. The maximum Gasteiger partial charge on any atom is 0.232 e. The molecule has 2 aromatic carbocycles. The van der Waals surface area contributed by atoms with Gasteiger partial charge in [-0.05, 0) is 43.3 Å². The Balaban J connectivity index is 1.35. The number of aliphatic hydroxyl groups is 1. The van der Waals surface area contributed by atoms with E-state index in [0.29, 0.717) is 18.1 Å². The highest BCUT2D eigenvalue weighted by molar-refractivity contribution is 5.65. The smallest absolute Gasteiger partial charge is 0.232 e. The van der Waals surface area contributed by atoms with Crippen molar-refractivity contribution in [3.63, 3.8) is 0 Å². The molecule has 6 nitrogen and oxygen atoms in total. The minimum Gasteiger partial charge on any atom is -0.492 e. The minimum atomic E-state index is -0.712. The molecule has 0 atom stereocenters. The molecule has 1 saturated heterocycles. The van der Waals surface area contributed by atoms with Crippen LogP contribution in [0.15, 0.2) is 46.9 Å². The number of hydrogen-bond acceptors (Lipinski definition) is 6. The van der Waals surface area contributed by atoms with Crippen LogP contribution in [0.2, 0.25) is 0 Å². The van der Waals surface area contributed by atoms with Crippen molar-refractivity contribution in [3.05, 3.63) is 59.8 Å². The molecule has 0 radical (unpaired) electrons. The fourth-order valence-electron chi connectivity index (χ4n) is 3.85. The number of benzene rings is 2. The molecular formula is C24H27F2N3O3. The van der Waals surface area contributed by atoms with Gasteiger partial charge in [0, 0.05) is 44.8 Å². The van der Waals surface area contributed by atoms with Gasteiger partial charge in [0.05, 0.1) is 12.3 Å². The van der Waals surface area contributed by atoms with Gasteiger partial charge in [-0.3, -0.25) is 9.80 Å². The van der Waals surface area contributed by atoms with Gasteiger partial charge in [0.25, 0.3) is 0 Å². The third kappa shape index (κ3) is 5.15. The van der Waals surface area contributed by atoms with Crippen LogP contribution in [0.3, 0.4) is 0 Å². The van der Waals surface area contributed by atoms with Gasteiger partial charge in [-0.15, -0.1) is 0 Å². The molecule has 32 heavy (non-hydrogen) atoms. The van der Waals surface area contributed by atoms with Crippen molar-refractivity contribution in [3.8, 4) is 28.5 Å². The first-order valence-corrected chi connectivity index (χ1v) is 10.8. The number of aliphatic hydroxyl groups excluding tert-OH is 1. The zero-order chi connectivity index (χ0) is 22.5. The largest absolute Gasteiger partial charge is 0.492 e. The highest BCUT2D eigenvalue weighted by atomic mass is 19.1. The maximum absolute atomic E-state index is 14.1. The lowest BCUT2D eigenvalue weighted by atomic mass is 10.1. The van der Waals surface area contributed by atoms with Crippen LogP contribution in [0, 0.1) is 18.6 Å². The van der Waals surface area contributed by atoms with Gasteiger partial charge in [0.1, 0.15) is 29.6 Å². The number of β-amino-alcohol motifs (C(OH)–C–C–N with tert-alkyl or cyclic N) is 1. The summed E-state index contributed by atoms with van der Waals surface area (Å²) in [6.07, 6.45) is 0. The highest BCUT2D eigenvalue weighted by Gasteiger charge is 2.20. The van der Waals surface area contributed by atoms with Crippen molar-refractivity contribution in [1.29, 1.82) is 0 Å². The molecule has 8 heteroatoms. The van der Waals surface area contributed by atoms with E-state index in [0.717, 1.165) is 50.6 Å². The Morgan fingerprint density at radius 1 is 0.969 bits per heavy atom. The molecule has 1 N–H and O–H groups in total. The van der Waals surface area contributed by atoms with Crippen LogP contribution in [0.4, 0.5) is 8.78 Å². The third-order valence-electron chi connectivity index (χ3n) is 5.65. The van der Waals surface area contributed by atoms with Gasteiger partial charge in [-0.1, -0.05) is 6.07 Å². The van der Waals surface area contributed by atoms with Crippen LogP contribution in [0.1, 0.15) is 5.69 Å². The number of rotatable bonds is 8. The zero-order valence-electron chi connectivity index (χ0n) is 18.1. The number of aromatic nitrogens is 1. The normalized spacial score (nSPS) is 15.2. The lowest BCUT2D eigenvalue weighted by Crippen LogP contribution is -2.48. The van der Waals surface area contributed by atoms with Crippen LogP contribution in [0.5, 0.6) is 5.75 Å². The van der Waals surface area contributed by atoms with E-state index in [1.54, 1.807) is 6.92 Å². The number of ether oxygens (including phenoxy) is 1. The van der Waals surface area contributed by atoms with E-state index in [1.807, 2.05) is 24.3 Å². The number of hydrogen-bond donors (Lipinski definition) is 1. The number of aryl methyl sites for hydroxylation is 1. The van der Waals surface area contributed by atoms with E-state index < -0.39 is 11.6 Å². The Kier molecular flexibility index (Phi) is 7.14. The fourth-order valence-corrected chi connectivity index (χ4v) is 3.85. The summed E-state index contributed by atoms with van der Waals surface area (Å²) >= 11 is 0. The van der Waals surface area contributed by atoms with Crippen LogP contribution in [-0.2, 0) is 0 Å². The number of halogens is 2. The van der Waals surface area contributed by atoms with Crippen LogP contribution < -0.4 is 4.74 Å². The van der Waals surface area contributed by atoms with Gasteiger partial charge in [0.2, 0.25) is 5.89 Å². The van der Waals surface area contributed by atoms with Crippen molar-refractivity contribution in [2.45, 2.75) is 6.92 Å². The summed E-state index contributed by atoms with van der Waals surface area (Å²) in [6.45, 7) is 7.97. The Morgan fingerprint density at radius 2 is 1.59 bits per heavy atom. The fraction of sp³-hybridized carbons (Fsp3) is 0.375. The lowest BCUT2D eigenvalue weighted by Gasteiger charge is -2.34. The molecule has 0 aliphatic carbocycles. The Hall–Kier alpha value is -2.81. The Bertz CT molecular complexity index is 1010.